The number of rotatable bonds is 23. The summed E-state index contributed by atoms with van der Waals surface area (Å²) in [5.41, 5.74) is 14.7. The molecule has 0 bridgehead atoms. The SMILES string of the molecule is [NH]C(CCC(=O)NC(CSSSCC(NC(=O)CCC([NH])C(=O)O)C(O)NCC(=O)O)C(=O)NCC(=O)O)C(=O)O. The third-order valence-electron chi connectivity index (χ3n) is 4.75. The number of carboxylic acid groups (broad SMARTS) is 4. The van der Waals surface area contributed by atoms with Gasteiger partial charge in [0.05, 0.1) is 12.6 Å². The van der Waals surface area contributed by atoms with E-state index < -0.39 is 85.1 Å². The molecule has 18 nitrogen and oxygen atoms in total. The highest BCUT2D eigenvalue weighted by Crippen LogP contribution is 2.35. The summed E-state index contributed by atoms with van der Waals surface area (Å²) in [4.78, 5) is 79.7. The summed E-state index contributed by atoms with van der Waals surface area (Å²) in [6.45, 7) is -1.35. The van der Waals surface area contributed by atoms with Gasteiger partial charge in [0.25, 0.3) is 0 Å². The van der Waals surface area contributed by atoms with Gasteiger partial charge >= 0.3 is 23.9 Å². The number of carbonyl (C=O) groups is 7. The zero-order chi connectivity index (χ0) is 31.5. The second-order valence-electron chi connectivity index (χ2n) is 8.12. The Labute approximate surface area is 245 Å². The second-order valence-corrected chi connectivity index (χ2v) is 12.4. The van der Waals surface area contributed by atoms with Crippen LogP contribution in [-0.4, -0.2) is 122 Å². The maximum Gasteiger partial charge on any atom is 0.322 e. The number of amides is 3. The van der Waals surface area contributed by atoms with Crippen molar-refractivity contribution in [2.45, 2.75) is 56.1 Å². The fourth-order valence-corrected chi connectivity index (χ4v) is 6.55. The minimum absolute atomic E-state index is 0.0112. The van der Waals surface area contributed by atoms with Gasteiger partial charge in [-0.05, 0) is 22.7 Å². The molecule has 0 aliphatic carbocycles. The van der Waals surface area contributed by atoms with E-state index in [9.17, 15) is 38.7 Å². The molecule has 0 aromatic carbocycles. The second kappa shape index (κ2) is 21.0. The molecule has 0 heterocycles. The Kier molecular flexibility index (Phi) is 19.5. The molecule has 0 aromatic heterocycles. The normalized spacial score (nSPS) is 14.5. The molecular formula is C20H32N6O12S3. The summed E-state index contributed by atoms with van der Waals surface area (Å²) < 4.78 is 0. The topological polar surface area (TPSA) is 316 Å². The van der Waals surface area contributed by atoms with Crippen LogP contribution >= 0.6 is 31.4 Å². The largest absolute Gasteiger partial charge is 0.480 e. The zero-order valence-corrected chi connectivity index (χ0v) is 23.8. The molecule has 0 saturated heterocycles. The zero-order valence-electron chi connectivity index (χ0n) is 21.4. The number of nitrogens with one attached hydrogen (secondary N) is 6. The van der Waals surface area contributed by atoms with Crippen LogP contribution in [0.25, 0.3) is 0 Å². The van der Waals surface area contributed by atoms with Crippen LogP contribution in [0.15, 0.2) is 0 Å². The smallest absolute Gasteiger partial charge is 0.322 e. The van der Waals surface area contributed by atoms with Crippen LogP contribution in [-0.2, 0) is 33.6 Å². The van der Waals surface area contributed by atoms with Crippen LogP contribution in [0, 0.1) is 0 Å². The molecular weight excluding hydrogens is 612 g/mol. The summed E-state index contributed by atoms with van der Waals surface area (Å²) in [7, 11) is 3.15. The molecule has 0 rings (SSSR count). The van der Waals surface area contributed by atoms with E-state index in [1.165, 1.54) is 0 Å². The van der Waals surface area contributed by atoms with E-state index in [0.717, 1.165) is 31.4 Å². The fraction of sp³-hybridized carbons (Fsp3) is 0.650. The van der Waals surface area contributed by atoms with E-state index in [2.05, 4.69) is 21.3 Å². The molecule has 232 valence electrons. The van der Waals surface area contributed by atoms with E-state index in [1.807, 2.05) is 0 Å². The number of carbonyl (C=O) groups excluding carboxylic acids is 3. The molecule has 5 atom stereocenters. The van der Waals surface area contributed by atoms with Crippen molar-refractivity contribution in [3.05, 3.63) is 0 Å². The average Bonchev–Trinajstić information content (AvgIpc) is 2.89. The molecule has 0 saturated carbocycles. The Morgan fingerprint density at radius 2 is 1.20 bits per heavy atom. The van der Waals surface area contributed by atoms with Gasteiger partial charge in [0.1, 0.15) is 30.9 Å². The molecule has 11 N–H and O–H groups in total. The highest BCUT2D eigenvalue weighted by Gasteiger charge is 2.25. The van der Waals surface area contributed by atoms with E-state index in [0.29, 0.717) is 0 Å². The number of carboxylic acids is 4. The summed E-state index contributed by atoms with van der Waals surface area (Å²) in [5.74, 6) is -7.78. The molecule has 2 radical (unpaired) electrons. The molecule has 21 heteroatoms. The Balaban J connectivity index is 5.04. The van der Waals surface area contributed by atoms with Gasteiger partial charge in [0.15, 0.2) is 0 Å². The van der Waals surface area contributed by atoms with E-state index in [1.54, 1.807) is 0 Å². The minimum Gasteiger partial charge on any atom is -0.480 e. The Morgan fingerprint density at radius 3 is 1.68 bits per heavy atom. The van der Waals surface area contributed by atoms with Crippen molar-refractivity contribution in [2.24, 2.45) is 0 Å². The van der Waals surface area contributed by atoms with E-state index >= 15 is 0 Å². The lowest BCUT2D eigenvalue weighted by atomic mass is 10.1. The third-order valence-corrected chi connectivity index (χ3v) is 9.03. The molecule has 3 amide bonds. The standard InChI is InChI=1S/C20H32N6O12S3/c21-9(19(35)36)1-3-13(27)25-11(17(33)23-5-15(29)30)7-39-41-40-8-12(18(34)24-6-16(31)32)26-14(28)4-2-10(22)20(37)38/h9-12,17,21-23,33H,1-8H2,(H,24,34)(H,25,27)(H,26,28)(H,29,30)(H,31,32)(H,35,36)(H,37,38). The van der Waals surface area contributed by atoms with Crippen molar-refractivity contribution < 1.29 is 59.1 Å². The van der Waals surface area contributed by atoms with E-state index in [-0.39, 0.29) is 37.2 Å². The van der Waals surface area contributed by atoms with Crippen LogP contribution in [0.4, 0.5) is 0 Å². The lowest BCUT2D eigenvalue weighted by molar-refractivity contribution is -0.140. The number of aliphatic carboxylic acids is 4. The first kappa shape index (κ1) is 38.2. The van der Waals surface area contributed by atoms with Crippen LogP contribution < -0.4 is 32.7 Å². The Bertz CT molecular complexity index is 930. The van der Waals surface area contributed by atoms with Crippen LogP contribution in [0.1, 0.15) is 25.7 Å². The highest BCUT2D eigenvalue weighted by molar-refractivity contribution is 9.09. The quantitative estimate of drug-likeness (QED) is 0.0308. The molecule has 0 aromatic rings. The van der Waals surface area contributed by atoms with Gasteiger partial charge in [-0.25, -0.2) is 11.5 Å². The molecule has 5 unspecified atom stereocenters. The Morgan fingerprint density at radius 1 is 0.707 bits per heavy atom. The minimum atomic E-state index is -1.54. The number of aliphatic hydroxyl groups excluding tert-OH is 1. The lowest BCUT2D eigenvalue weighted by Gasteiger charge is -2.24. The molecule has 0 spiro atoms. The number of hydrogen-bond donors (Lipinski definition) is 9. The van der Waals surface area contributed by atoms with Crippen LogP contribution in [0.5, 0.6) is 0 Å². The average molecular weight is 645 g/mol. The maximum absolute atomic E-state index is 12.4. The van der Waals surface area contributed by atoms with Crippen molar-refractivity contribution in [2.75, 3.05) is 24.6 Å². The lowest BCUT2D eigenvalue weighted by Crippen LogP contribution is -2.52. The maximum atomic E-state index is 12.4. The van der Waals surface area contributed by atoms with Crippen LogP contribution in [0.3, 0.4) is 0 Å². The van der Waals surface area contributed by atoms with Crippen molar-refractivity contribution in [1.82, 2.24) is 32.7 Å². The summed E-state index contributed by atoms with van der Waals surface area (Å²) in [6.07, 6.45) is -2.83. The molecule has 0 aliphatic heterocycles. The van der Waals surface area contributed by atoms with Crippen molar-refractivity contribution in [1.29, 1.82) is 0 Å². The molecule has 41 heavy (non-hydrogen) atoms. The third kappa shape index (κ3) is 19.0. The first-order valence-electron chi connectivity index (χ1n) is 11.6. The first-order valence-corrected chi connectivity index (χ1v) is 15.5. The number of aliphatic hydroxyl groups is 1. The van der Waals surface area contributed by atoms with Gasteiger partial charge in [-0.15, -0.1) is 0 Å². The number of hydrogen-bond acceptors (Lipinski definition) is 12. The van der Waals surface area contributed by atoms with Gasteiger partial charge in [0, 0.05) is 24.3 Å². The summed E-state index contributed by atoms with van der Waals surface area (Å²) in [6, 6.07) is -5.34. The fourth-order valence-electron chi connectivity index (χ4n) is 2.59. The van der Waals surface area contributed by atoms with Gasteiger partial charge < -0.3 is 41.5 Å². The van der Waals surface area contributed by atoms with Gasteiger partial charge in [-0.2, -0.15) is 0 Å². The molecule has 0 aliphatic rings. The van der Waals surface area contributed by atoms with E-state index in [4.69, 9.17) is 31.9 Å². The van der Waals surface area contributed by atoms with Crippen molar-refractivity contribution in [3.63, 3.8) is 0 Å². The predicted molar refractivity (Wildman–Crippen MR) is 146 cm³/mol. The van der Waals surface area contributed by atoms with Crippen molar-refractivity contribution >= 4 is 73.0 Å². The van der Waals surface area contributed by atoms with Crippen molar-refractivity contribution in [3.8, 4) is 0 Å². The van der Waals surface area contributed by atoms with Gasteiger partial charge in [-0.3, -0.25) is 38.9 Å². The monoisotopic (exact) mass is 644 g/mol. The highest BCUT2D eigenvalue weighted by atomic mass is 33.5. The van der Waals surface area contributed by atoms with Gasteiger partial charge in [0.2, 0.25) is 17.7 Å². The molecule has 0 fully saturated rings. The van der Waals surface area contributed by atoms with Crippen LogP contribution in [0.2, 0.25) is 0 Å². The first-order chi connectivity index (χ1) is 19.1. The summed E-state index contributed by atoms with van der Waals surface area (Å²) in [5, 5.41) is 54.6. The van der Waals surface area contributed by atoms with Gasteiger partial charge in [-0.1, -0.05) is 21.6 Å². The summed E-state index contributed by atoms with van der Waals surface area (Å²) >= 11 is 0. The Hall–Kier alpha value is -2.82. The predicted octanol–water partition coefficient (Wildman–Crippen LogP) is -2.79.